The third kappa shape index (κ3) is 4.76. The normalized spacial score (nSPS) is 19.8. The molecule has 1 fully saturated rings. The molecule has 2 aromatic heterocycles. The lowest BCUT2D eigenvalue weighted by atomic mass is 9.71. The third-order valence-electron chi connectivity index (χ3n) is 8.61. The van der Waals surface area contributed by atoms with Crippen molar-refractivity contribution >= 4 is 21.9 Å². The molecular formula is C39H37NO. The molecule has 2 heteroatoms. The summed E-state index contributed by atoms with van der Waals surface area (Å²) in [5.41, 5.74) is 4.74. The lowest BCUT2D eigenvalue weighted by Gasteiger charge is -2.34. The molecule has 1 aliphatic rings. The Morgan fingerprint density at radius 2 is 1.63 bits per heavy atom. The summed E-state index contributed by atoms with van der Waals surface area (Å²) >= 11 is 0. The second-order valence-corrected chi connectivity index (χ2v) is 11.9. The minimum Gasteiger partial charge on any atom is -0.455 e. The Hall–Kier alpha value is -4.17. The van der Waals surface area contributed by atoms with Crippen LogP contribution in [-0.4, -0.2) is 4.98 Å². The molecule has 1 saturated carbocycles. The molecule has 6 aromatic rings. The van der Waals surface area contributed by atoms with Crippen LogP contribution in [-0.2, 0) is 0 Å². The Morgan fingerprint density at radius 1 is 0.805 bits per heavy atom. The van der Waals surface area contributed by atoms with Crippen LogP contribution in [0.4, 0.5) is 0 Å². The van der Waals surface area contributed by atoms with Crippen molar-refractivity contribution in [2.24, 2.45) is 5.41 Å². The maximum atomic E-state index is 9.31. The molecule has 0 radical (unpaired) electrons. The van der Waals surface area contributed by atoms with Gasteiger partial charge >= 0.3 is 0 Å². The molecule has 0 saturated heterocycles. The fourth-order valence-corrected chi connectivity index (χ4v) is 6.06. The molecule has 0 spiro atoms. The van der Waals surface area contributed by atoms with Gasteiger partial charge in [-0.1, -0.05) is 80.6 Å². The summed E-state index contributed by atoms with van der Waals surface area (Å²) < 4.78 is 75.5. The van der Waals surface area contributed by atoms with Gasteiger partial charge in [-0.2, -0.15) is 0 Å². The summed E-state index contributed by atoms with van der Waals surface area (Å²) in [7, 11) is 0. The maximum Gasteiger partial charge on any atom is 0.144 e. The van der Waals surface area contributed by atoms with Crippen LogP contribution in [0, 0.1) is 19.1 Å². The second kappa shape index (κ2) is 10.0. The predicted octanol–water partition coefficient (Wildman–Crippen LogP) is 11.3. The van der Waals surface area contributed by atoms with Crippen LogP contribution in [0.5, 0.6) is 0 Å². The number of rotatable bonds is 4. The molecule has 7 rings (SSSR count). The summed E-state index contributed by atoms with van der Waals surface area (Å²) in [6, 6.07) is 26.3. The van der Waals surface area contributed by atoms with E-state index in [2.05, 4.69) is 18.8 Å². The van der Waals surface area contributed by atoms with Crippen LogP contribution >= 0.6 is 0 Å². The number of furan rings is 1. The number of para-hydroxylation sites is 1. The number of aryl methyl sites for hydroxylation is 2. The molecule has 0 N–H and O–H groups in total. The largest absolute Gasteiger partial charge is 0.455 e. The summed E-state index contributed by atoms with van der Waals surface area (Å²) in [5.74, 6) is -1.03. The van der Waals surface area contributed by atoms with Gasteiger partial charge in [-0.15, -0.1) is 0 Å². The molecule has 0 amide bonds. The van der Waals surface area contributed by atoms with Crippen molar-refractivity contribution in [2.75, 3.05) is 0 Å². The highest BCUT2D eigenvalue weighted by Gasteiger charge is 2.28. The zero-order chi connectivity index (χ0) is 34.9. The summed E-state index contributed by atoms with van der Waals surface area (Å²) in [5, 5.41) is 1.78. The van der Waals surface area contributed by atoms with E-state index in [9.17, 15) is 1.37 Å². The molecule has 0 atom stereocenters. The lowest BCUT2D eigenvalue weighted by Crippen LogP contribution is -2.20. The number of pyridine rings is 1. The Morgan fingerprint density at radius 3 is 2.44 bits per heavy atom. The fraction of sp³-hybridized carbons (Fsp3) is 0.256. The first-order chi connectivity index (χ1) is 23.0. The van der Waals surface area contributed by atoms with Gasteiger partial charge in [0.1, 0.15) is 11.2 Å². The van der Waals surface area contributed by atoms with E-state index in [0.29, 0.717) is 40.8 Å². The zero-order valence-electron chi connectivity index (χ0n) is 31.3. The number of hydrogen-bond acceptors (Lipinski definition) is 2. The summed E-state index contributed by atoms with van der Waals surface area (Å²) in [6.45, 7) is -0.964. The minimum atomic E-state index is -2.67. The van der Waals surface area contributed by atoms with Crippen molar-refractivity contribution in [1.29, 1.82) is 0 Å². The van der Waals surface area contributed by atoms with Crippen molar-refractivity contribution in [3.63, 3.8) is 0 Å². The average Bonchev–Trinajstić information content (AvgIpc) is 3.43. The van der Waals surface area contributed by atoms with Gasteiger partial charge in [0, 0.05) is 32.1 Å². The van der Waals surface area contributed by atoms with Crippen molar-refractivity contribution in [3.8, 4) is 33.5 Å². The van der Waals surface area contributed by atoms with Gasteiger partial charge in [-0.25, -0.2) is 0 Å². The van der Waals surface area contributed by atoms with Gasteiger partial charge in [0.15, 0.2) is 0 Å². The van der Waals surface area contributed by atoms with Gasteiger partial charge in [-0.05, 0) is 114 Å². The smallest absolute Gasteiger partial charge is 0.144 e. The topological polar surface area (TPSA) is 26.0 Å². The van der Waals surface area contributed by atoms with Gasteiger partial charge in [0.2, 0.25) is 0 Å². The first kappa shape index (κ1) is 18.3. The number of hydrogen-bond donors (Lipinski definition) is 0. The van der Waals surface area contributed by atoms with E-state index in [1.807, 2.05) is 66.7 Å². The van der Waals surface area contributed by atoms with Crippen LogP contribution in [0.3, 0.4) is 0 Å². The third-order valence-corrected chi connectivity index (χ3v) is 8.61. The number of benzene rings is 4. The number of nitrogens with zero attached hydrogens (tertiary/aromatic N) is 1. The van der Waals surface area contributed by atoms with Crippen molar-refractivity contribution in [3.05, 3.63) is 114 Å². The highest BCUT2D eigenvalue weighted by molar-refractivity contribution is 6.10. The van der Waals surface area contributed by atoms with Crippen LogP contribution in [0.15, 0.2) is 102 Å². The van der Waals surface area contributed by atoms with Crippen molar-refractivity contribution in [1.82, 2.24) is 4.98 Å². The first-order valence-corrected chi connectivity index (χ1v) is 14.2. The molecule has 0 aliphatic heterocycles. The first-order valence-electron chi connectivity index (χ1n) is 18.2. The Labute approximate surface area is 254 Å². The SMILES string of the molecule is [2H]c1cc(C2([2H])CCC(C)(C)CC2)cc(C([2H])([2H])[2H])c1-c1cc(-c2cccc3c2oc2cc(-c4ccccc4)ccc23)ncc1C([2H])([2H])[2H]. The van der Waals surface area contributed by atoms with E-state index in [-0.39, 0.29) is 33.7 Å². The quantitative estimate of drug-likeness (QED) is 0.221. The number of fused-ring (bicyclic) bond motifs is 3. The molecule has 4 aromatic carbocycles. The molecule has 0 unspecified atom stereocenters. The molecule has 204 valence electrons. The fourth-order valence-electron chi connectivity index (χ4n) is 6.06. The van der Waals surface area contributed by atoms with Crippen LogP contribution in [0.1, 0.15) is 73.1 Å². The van der Waals surface area contributed by atoms with Crippen molar-refractivity contribution in [2.45, 2.75) is 59.1 Å². The lowest BCUT2D eigenvalue weighted by molar-refractivity contribution is 0.224. The Balaban J connectivity index is 1.41. The standard InChI is InChI=1S/C39H37NO/c1-25-21-29(28-17-19-39(3,4)20-18-28)13-15-31(25)35-23-36(40-24-26(35)2)34-12-8-11-33-32-16-14-30(22-37(32)41-38(33)34)27-9-6-5-7-10-27/h5-16,21-24,28H,17-20H2,1-4H3/i1D3,2D3,15D,28D. The van der Waals surface area contributed by atoms with Gasteiger partial charge in [-0.3, -0.25) is 4.98 Å². The highest BCUT2D eigenvalue weighted by atomic mass is 16.3. The van der Waals surface area contributed by atoms with E-state index in [0.717, 1.165) is 34.7 Å². The van der Waals surface area contributed by atoms with Gasteiger partial charge in [0.05, 0.1) is 7.06 Å². The monoisotopic (exact) mass is 543 g/mol. The highest BCUT2D eigenvalue weighted by Crippen LogP contribution is 2.43. The summed E-state index contributed by atoms with van der Waals surface area (Å²) in [6.07, 6.45) is 3.98. The minimum absolute atomic E-state index is 0.0162. The maximum absolute atomic E-state index is 9.31. The molecular weight excluding hydrogens is 498 g/mol. The Kier molecular flexibility index (Phi) is 4.48. The van der Waals surface area contributed by atoms with E-state index >= 15 is 0 Å². The summed E-state index contributed by atoms with van der Waals surface area (Å²) in [4.78, 5) is 4.57. The van der Waals surface area contributed by atoms with Gasteiger partial charge < -0.3 is 4.42 Å². The molecule has 2 nitrogen and oxygen atoms in total. The Bertz CT molecular complexity index is 2200. The van der Waals surface area contributed by atoms with E-state index in [4.69, 9.17) is 14.0 Å². The molecule has 2 heterocycles. The zero-order valence-corrected chi connectivity index (χ0v) is 23.3. The van der Waals surface area contributed by atoms with Crippen molar-refractivity contribution < 1.29 is 15.4 Å². The van der Waals surface area contributed by atoms with E-state index in [1.54, 1.807) is 12.1 Å². The van der Waals surface area contributed by atoms with E-state index < -0.39 is 19.6 Å². The average molecular weight is 544 g/mol. The van der Waals surface area contributed by atoms with E-state index in [1.165, 1.54) is 12.3 Å². The van der Waals surface area contributed by atoms with Crippen LogP contribution < -0.4 is 0 Å². The molecule has 41 heavy (non-hydrogen) atoms. The van der Waals surface area contributed by atoms with Gasteiger partial charge in [0.25, 0.3) is 0 Å². The predicted molar refractivity (Wildman–Crippen MR) is 172 cm³/mol. The van der Waals surface area contributed by atoms with Crippen LogP contribution in [0.2, 0.25) is 0 Å². The number of aromatic nitrogens is 1. The molecule has 1 aliphatic carbocycles. The molecule has 0 bridgehead atoms. The van der Waals surface area contributed by atoms with Crippen LogP contribution in [0.25, 0.3) is 55.4 Å². The second-order valence-electron chi connectivity index (χ2n) is 11.9.